The highest BCUT2D eigenvalue weighted by Gasteiger charge is 2.29. The maximum atomic E-state index is 10.3. The lowest BCUT2D eigenvalue weighted by Gasteiger charge is -2.31. The van der Waals surface area contributed by atoms with Crippen LogP contribution in [0.4, 0.5) is 0 Å². The van der Waals surface area contributed by atoms with Crippen molar-refractivity contribution in [3.63, 3.8) is 0 Å². The Bertz CT molecular complexity index is 1020. The van der Waals surface area contributed by atoms with E-state index >= 15 is 0 Å². The Morgan fingerprint density at radius 1 is 0.531 bits per heavy atom. The summed E-state index contributed by atoms with van der Waals surface area (Å²) in [5.41, 5.74) is 6.43. The molecule has 32 heavy (non-hydrogen) atoms. The van der Waals surface area contributed by atoms with Crippen molar-refractivity contribution >= 4 is 0 Å². The molecule has 2 N–H and O–H groups in total. The molecule has 0 amide bonds. The molecule has 0 saturated heterocycles. The van der Waals surface area contributed by atoms with Gasteiger partial charge in [0.15, 0.2) is 0 Å². The average molecular weight is 431 g/mol. The summed E-state index contributed by atoms with van der Waals surface area (Å²) in [7, 11) is 0. The van der Waals surface area contributed by atoms with E-state index in [4.69, 9.17) is 0 Å². The third-order valence-electron chi connectivity index (χ3n) is 7.05. The minimum atomic E-state index is -0.207. The molecule has 0 saturated carbocycles. The number of rotatable bonds is 6. The fourth-order valence-electron chi connectivity index (χ4n) is 4.44. The van der Waals surface area contributed by atoms with Crippen molar-refractivity contribution in [3.8, 4) is 11.5 Å². The zero-order chi connectivity index (χ0) is 23.8. The van der Waals surface area contributed by atoms with Gasteiger partial charge >= 0.3 is 0 Å². The second-order valence-electron chi connectivity index (χ2n) is 10.7. The zero-order valence-electron chi connectivity index (χ0n) is 20.8. The van der Waals surface area contributed by atoms with Crippen molar-refractivity contribution in [2.24, 2.45) is 0 Å². The minimum absolute atomic E-state index is 0.207. The van der Waals surface area contributed by atoms with Crippen LogP contribution in [0, 0.1) is 0 Å². The summed E-state index contributed by atoms with van der Waals surface area (Å²) in [6.07, 6.45) is 0. The molecule has 0 unspecified atom stereocenters. The van der Waals surface area contributed by atoms with Gasteiger partial charge in [0.1, 0.15) is 11.5 Å². The first-order valence-corrected chi connectivity index (χ1v) is 11.6. The summed E-state index contributed by atoms with van der Waals surface area (Å²) in [4.78, 5) is 0. The van der Waals surface area contributed by atoms with E-state index in [0.29, 0.717) is 11.5 Å². The summed E-state index contributed by atoms with van der Waals surface area (Å²) in [6.45, 7) is 17.4. The van der Waals surface area contributed by atoms with Crippen LogP contribution in [0.2, 0.25) is 0 Å². The molecule has 0 aliphatic rings. The van der Waals surface area contributed by atoms with Crippen molar-refractivity contribution in [1.82, 2.24) is 0 Å². The molecule has 2 heteroatoms. The zero-order valence-corrected chi connectivity index (χ0v) is 20.8. The molecular formula is C30H38O2. The molecule has 0 aliphatic carbocycles. The van der Waals surface area contributed by atoms with Gasteiger partial charge in [0.25, 0.3) is 0 Å². The standard InChI is InChI=1S/C30H38O2/c1-19(2)25-17-23(12-14-27(25)31)29(5,6)21-10-9-11-22(16-21)30(7,8)24-13-15-28(32)26(18-24)20(3)4/h9-20,31-32H,1-8H3. The SMILES string of the molecule is CC(C)c1cc(C(C)(C)c2cccc(C(C)(C)c3ccc(O)c(C(C)C)c3)c2)ccc1O. The van der Waals surface area contributed by atoms with E-state index in [0.717, 1.165) is 11.1 Å². The summed E-state index contributed by atoms with van der Waals surface area (Å²) < 4.78 is 0. The molecule has 170 valence electrons. The lowest BCUT2D eigenvalue weighted by atomic mass is 9.72. The third kappa shape index (κ3) is 4.41. The molecule has 0 bridgehead atoms. The maximum Gasteiger partial charge on any atom is 0.119 e. The number of phenolic OH excluding ortho intramolecular Hbond substituents is 2. The van der Waals surface area contributed by atoms with Crippen LogP contribution in [0.15, 0.2) is 60.7 Å². The van der Waals surface area contributed by atoms with Gasteiger partial charge < -0.3 is 10.2 Å². The molecule has 3 aromatic carbocycles. The van der Waals surface area contributed by atoms with Crippen LogP contribution >= 0.6 is 0 Å². The predicted molar refractivity (Wildman–Crippen MR) is 135 cm³/mol. The number of hydrogen-bond donors (Lipinski definition) is 2. The lowest BCUT2D eigenvalue weighted by Crippen LogP contribution is -2.23. The smallest absolute Gasteiger partial charge is 0.119 e. The maximum absolute atomic E-state index is 10.3. The van der Waals surface area contributed by atoms with E-state index in [9.17, 15) is 10.2 Å². The summed E-state index contributed by atoms with van der Waals surface area (Å²) >= 11 is 0. The molecule has 0 aromatic heterocycles. The van der Waals surface area contributed by atoms with Gasteiger partial charge in [-0.1, -0.05) is 104 Å². The third-order valence-corrected chi connectivity index (χ3v) is 7.05. The van der Waals surface area contributed by atoms with Gasteiger partial charge in [-0.3, -0.25) is 0 Å². The number of benzene rings is 3. The molecule has 0 aliphatic heterocycles. The molecule has 0 radical (unpaired) electrons. The summed E-state index contributed by atoms with van der Waals surface area (Å²) in [5.74, 6) is 1.26. The van der Waals surface area contributed by atoms with Crippen LogP contribution in [0.25, 0.3) is 0 Å². The Morgan fingerprint density at radius 3 is 1.22 bits per heavy atom. The van der Waals surface area contributed by atoms with E-state index in [1.807, 2.05) is 24.3 Å². The van der Waals surface area contributed by atoms with Gasteiger partial charge in [0.2, 0.25) is 0 Å². The largest absolute Gasteiger partial charge is 0.508 e. The summed E-state index contributed by atoms with van der Waals surface area (Å²) in [5, 5.41) is 20.6. The minimum Gasteiger partial charge on any atom is -0.508 e. The topological polar surface area (TPSA) is 40.5 Å². The van der Waals surface area contributed by atoms with E-state index < -0.39 is 0 Å². The first kappa shape index (κ1) is 23.9. The Labute approximate surface area is 194 Å². The second-order valence-corrected chi connectivity index (χ2v) is 10.7. The van der Waals surface area contributed by atoms with Crippen LogP contribution in [0.3, 0.4) is 0 Å². The average Bonchev–Trinajstić information content (AvgIpc) is 2.73. The highest BCUT2D eigenvalue weighted by molar-refractivity contribution is 5.49. The van der Waals surface area contributed by atoms with Gasteiger partial charge in [-0.15, -0.1) is 0 Å². The molecule has 0 spiro atoms. The second kappa shape index (κ2) is 8.65. The van der Waals surface area contributed by atoms with Crippen LogP contribution in [0.5, 0.6) is 11.5 Å². The van der Waals surface area contributed by atoms with Crippen LogP contribution in [0.1, 0.15) is 101 Å². The normalized spacial score (nSPS) is 12.6. The van der Waals surface area contributed by atoms with Gasteiger partial charge in [-0.25, -0.2) is 0 Å². The van der Waals surface area contributed by atoms with E-state index in [2.05, 4.69) is 91.8 Å². The number of phenols is 2. The van der Waals surface area contributed by atoms with Crippen molar-refractivity contribution < 1.29 is 10.2 Å². The monoisotopic (exact) mass is 430 g/mol. The fourth-order valence-corrected chi connectivity index (χ4v) is 4.44. The highest BCUT2D eigenvalue weighted by Crippen LogP contribution is 2.40. The van der Waals surface area contributed by atoms with Crippen LogP contribution in [-0.2, 0) is 10.8 Å². The van der Waals surface area contributed by atoms with Crippen LogP contribution < -0.4 is 0 Å². The summed E-state index contributed by atoms with van der Waals surface area (Å²) in [6, 6.07) is 20.8. The van der Waals surface area contributed by atoms with E-state index in [1.165, 1.54) is 22.3 Å². The fraction of sp³-hybridized carbons (Fsp3) is 0.400. The highest BCUT2D eigenvalue weighted by atomic mass is 16.3. The van der Waals surface area contributed by atoms with Crippen molar-refractivity contribution in [2.75, 3.05) is 0 Å². The van der Waals surface area contributed by atoms with E-state index in [-0.39, 0.29) is 22.7 Å². The van der Waals surface area contributed by atoms with Crippen molar-refractivity contribution in [2.45, 2.75) is 78.1 Å². The molecule has 0 atom stereocenters. The molecule has 3 aromatic rings. The molecule has 3 rings (SSSR count). The van der Waals surface area contributed by atoms with Crippen LogP contribution in [-0.4, -0.2) is 10.2 Å². The first-order valence-electron chi connectivity index (χ1n) is 11.6. The first-order chi connectivity index (χ1) is 14.9. The lowest BCUT2D eigenvalue weighted by molar-refractivity contribution is 0.463. The molecule has 0 heterocycles. The van der Waals surface area contributed by atoms with Crippen molar-refractivity contribution in [1.29, 1.82) is 0 Å². The Balaban J connectivity index is 2.06. The van der Waals surface area contributed by atoms with Crippen molar-refractivity contribution in [3.05, 3.63) is 94.0 Å². The Hall–Kier alpha value is -2.74. The number of hydrogen-bond acceptors (Lipinski definition) is 2. The van der Waals surface area contributed by atoms with Gasteiger partial charge in [0, 0.05) is 10.8 Å². The van der Waals surface area contributed by atoms with Gasteiger partial charge in [-0.2, -0.15) is 0 Å². The Morgan fingerprint density at radius 2 is 0.875 bits per heavy atom. The van der Waals surface area contributed by atoms with Gasteiger partial charge in [-0.05, 0) is 57.3 Å². The quantitative estimate of drug-likeness (QED) is 0.416. The Kier molecular flexibility index (Phi) is 6.47. The number of aromatic hydroxyl groups is 2. The van der Waals surface area contributed by atoms with Gasteiger partial charge in [0.05, 0.1) is 0 Å². The van der Waals surface area contributed by atoms with E-state index in [1.54, 1.807) is 0 Å². The molecular weight excluding hydrogens is 392 g/mol. The molecule has 0 fully saturated rings. The molecule has 2 nitrogen and oxygen atoms in total. The predicted octanol–water partition coefficient (Wildman–Crippen LogP) is 8.00.